The normalized spacial score (nSPS) is 13.1. The largest absolute Gasteiger partial charge is 0.497 e. The minimum absolute atomic E-state index is 0.251. The molecule has 0 aliphatic rings. The highest BCUT2D eigenvalue weighted by Crippen LogP contribution is 2.48. The predicted molar refractivity (Wildman–Crippen MR) is 125 cm³/mol. The maximum atomic E-state index is 14.5. The molecule has 0 heterocycles. The van der Waals surface area contributed by atoms with Crippen LogP contribution in [0, 0.1) is 0 Å². The second-order valence-electron chi connectivity index (χ2n) is 8.09. The van der Waals surface area contributed by atoms with E-state index in [9.17, 15) is 4.57 Å². The number of hydrogen-bond donors (Lipinski definition) is 0. The van der Waals surface area contributed by atoms with Gasteiger partial charge in [0.05, 0.1) is 13.2 Å². The molecule has 0 aliphatic carbocycles. The molecule has 0 N–H and O–H groups in total. The first-order chi connectivity index (χ1) is 13.8. The molecule has 0 bridgehead atoms. The first-order valence-corrected chi connectivity index (χ1v) is 15.1. The van der Waals surface area contributed by atoms with Crippen LogP contribution in [0.4, 0.5) is 0 Å². The molecule has 3 rings (SSSR count). The second-order valence-corrected chi connectivity index (χ2v) is 15.4. The zero-order chi connectivity index (χ0) is 20.9. The van der Waals surface area contributed by atoms with Crippen LogP contribution in [0.15, 0.2) is 84.9 Å². The van der Waals surface area contributed by atoms with E-state index in [4.69, 9.17) is 9.16 Å². The fraction of sp³-hybridized carbons (Fsp3) is 0.250. The van der Waals surface area contributed by atoms with E-state index in [-0.39, 0.29) is 6.10 Å². The van der Waals surface area contributed by atoms with Gasteiger partial charge in [-0.3, -0.25) is 0 Å². The summed E-state index contributed by atoms with van der Waals surface area (Å²) in [5, 5.41) is 1.73. The third-order valence-electron chi connectivity index (χ3n) is 4.75. The lowest BCUT2D eigenvalue weighted by Gasteiger charge is -2.30. The minimum Gasteiger partial charge on any atom is -0.497 e. The highest BCUT2D eigenvalue weighted by atomic mass is 31.2. The topological polar surface area (TPSA) is 35.5 Å². The molecule has 0 radical (unpaired) electrons. The van der Waals surface area contributed by atoms with Gasteiger partial charge in [-0.2, -0.15) is 0 Å². The molecule has 0 aromatic heterocycles. The maximum Gasteiger partial charge on any atom is 0.184 e. The van der Waals surface area contributed by atoms with Gasteiger partial charge < -0.3 is 13.7 Å². The van der Waals surface area contributed by atoms with Crippen LogP contribution in [0.2, 0.25) is 19.6 Å². The molecule has 152 valence electrons. The molecule has 29 heavy (non-hydrogen) atoms. The summed E-state index contributed by atoms with van der Waals surface area (Å²) in [4.78, 5) is 0. The van der Waals surface area contributed by atoms with Gasteiger partial charge in [-0.25, -0.2) is 0 Å². The Morgan fingerprint density at radius 1 is 0.793 bits per heavy atom. The summed E-state index contributed by atoms with van der Waals surface area (Å²) >= 11 is 0. The summed E-state index contributed by atoms with van der Waals surface area (Å²) in [6.45, 7) is 6.50. The molecule has 0 fully saturated rings. The highest BCUT2D eigenvalue weighted by molar-refractivity contribution is 7.78. The fourth-order valence-corrected chi connectivity index (χ4v) is 7.38. The second kappa shape index (κ2) is 9.13. The van der Waals surface area contributed by atoms with Gasteiger partial charge in [0.1, 0.15) is 12.9 Å². The van der Waals surface area contributed by atoms with Crippen LogP contribution < -0.4 is 15.3 Å². The smallest absolute Gasteiger partial charge is 0.184 e. The molecule has 0 spiro atoms. The summed E-state index contributed by atoms with van der Waals surface area (Å²) in [7, 11) is -3.11. The van der Waals surface area contributed by atoms with Gasteiger partial charge >= 0.3 is 0 Å². The van der Waals surface area contributed by atoms with E-state index < -0.39 is 15.5 Å². The number of ether oxygens (including phenoxy) is 1. The molecule has 0 saturated carbocycles. The van der Waals surface area contributed by atoms with E-state index in [0.717, 1.165) is 21.9 Å². The Morgan fingerprint density at radius 2 is 1.28 bits per heavy atom. The number of methoxy groups -OCH3 is 1. The van der Waals surface area contributed by atoms with E-state index in [2.05, 4.69) is 19.6 Å². The lowest BCUT2D eigenvalue weighted by atomic mass is 10.1. The van der Waals surface area contributed by atoms with Gasteiger partial charge in [-0.15, -0.1) is 0 Å². The zero-order valence-electron chi connectivity index (χ0n) is 17.5. The van der Waals surface area contributed by atoms with E-state index in [0.29, 0.717) is 6.16 Å². The SMILES string of the molecule is COc1ccc(C(CP(=O)(c2ccccc2)c2ccccc2)O[Si](C)(C)C)cc1. The number of benzene rings is 3. The van der Waals surface area contributed by atoms with Crippen molar-refractivity contribution in [3.8, 4) is 5.75 Å². The van der Waals surface area contributed by atoms with Crippen molar-refractivity contribution in [3.05, 3.63) is 90.5 Å². The monoisotopic (exact) mass is 424 g/mol. The molecule has 3 aromatic rings. The van der Waals surface area contributed by atoms with E-state index in [1.807, 2.05) is 84.9 Å². The van der Waals surface area contributed by atoms with Crippen molar-refractivity contribution in [2.75, 3.05) is 13.3 Å². The molecule has 1 atom stereocenters. The molecule has 0 saturated heterocycles. The van der Waals surface area contributed by atoms with Gasteiger partial charge in [0, 0.05) is 16.8 Å². The van der Waals surface area contributed by atoms with E-state index in [1.54, 1.807) is 7.11 Å². The fourth-order valence-electron chi connectivity index (χ4n) is 3.39. The van der Waals surface area contributed by atoms with Crippen molar-refractivity contribution in [2.24, 2.45) is 0 Å². The molecule has 5 heteroatoms. The Balaban J connectivity index is 2.06. The van der Waals surface area contributed by atoms with Crippen molar-refractivity contribution in [1.82, 2.24) is 0 Å². The van der Waals surface area contributed by atoms with Gasteiger partial charge in [0.2, 0.25) is 0 Å². The predicted octanol–water partition coefficient (Wildman–Crippen LogP) is 5.60. The van der Waals surface area contributed by atoms with Crippen LogP contribution in [0.5, 0.6) is 5.75 Å². The summed E-state index contributed by atoms with van der Waals surface area (Å²) < 4.78 is 26.4. The number of rotatable bonds is 8. The molecule has 3 nitrogen and oxygen atoms in total. The molecule has 3 aromatic carbocycles. The van der Waals surface area contributed by atoms with Crippen LogP contribution in [0.1, 0.15) is 11.7 Å². The van der Waals surface area contributed by atoms with Crippen molar-refractivity contribution in [3.63, 3.8) is 0 Å². The van der Waals surface area contributed by atoms with Crippen LogP contribution in [-0.4, -0.2) is 21.6 Å². The minimum atomic E-state index is -2.88. The van der Waals surface area contributed by atoms with Crippen molar-refractivity contribution >= 4 is 26.1 Å². The highest BCUT2D eigenvalue weighted by Gasteiger charge is 2.34. The number of hydrogen-bond acceptors (Lipinski definition) is 3. The van der Waals surface area contributed by atoms with Gasteiger partial charge in [-0.1, -0.05) is 72.8 Å². The Labute approximate surface area is 175 Å². The van der Waals surface area contributed by atoms with Gasteiger partial charge in [-0.05, 0) is 37.3 Å². The van der Waals surface area contributed by atoms with Crippen molar-refractivity contribution in [2.45, 2.75) is 25.7 Å². The Kier molecular flexibility index (Phi) is 6.79. The quantitative estimate of drug-likeness (QED) is 0.349. The lowest BCUT2D eigenvalue weighted by Crippen LogP contribution is -2.31. The van der Waals surface area contributed by atoms with Crippen LogP contribution in [0.3, 0.4) is 0 Å². The van der Waals surface area contributed by atoms with Crippen LogP contribution >= 0.6 is 7.14 Å². The molecule has 0 amide bonds. The van der Waals surface area contributed by atoms with E-state index >= 15 is 0 Å². The zero-order valence-corrected chi connectivity index (χ0v) is 19.4. The third kappa shape index (κ3) is 5.48. The Hall–Kier alpha value is -2.13. The van der Waals surface area contributed by atoms with E-state index in [1.165, 1.54) is 0 Å². The first-order valence-electron chi connectivity index (χ1n) is 9.84. The molecule has 1 unspecified atom stereocenters. The van der Waals surface area contributed by atoms with Gasteiger partial charge in [0.25, 0.3) is 0 Å². The summed E-state index contributed by atoms with van der Waals surface area (Å²) in [6.07, 6.45) is 0.177. The standard InChI is InChI=1S/C24H29O3PSi/c1-26-21-17-15-20(16-18-21)24(27-29(2,3)4)19-28(25,22-11-7-5-8-12-22)23-13-9-6-10-14-23/h5-18,24H,19H2,1-4H3. The summed E-state index contributed by atoms with van der Waals surface area (Å²) in [6, 6.07) is 27.5. The van der Waals surface area contributed by atoms with Crippen molar-refractivity contribution in [1.29, 1.82) is 0 Å². The van der Waals surface area contributed by atoms with Crippen molar-refractivity contribution < 1.29 is 13.7 Å². The molecule has 0 aliphatic heterocycles. The van der Waals surface area contributed by atoms with Crippen LogP contribution in [0.25, 0.3) is 0 Å². The molecular weight excluding hydrogens is 395 g/mol. The third-order valence-corrected chi connectivity index (χ3v) is 8.85. The lowest BCUT2D eigenvalue weighted by molar-refractivity contribution is 0.221. The van der Waals surface area contributed by atoms with Crippen LogP contribution in [-0.2, 0) is 8.99 Å². The maximum absolute atomic E-state index is 14.5. The average molecular weight is 425 g/mol. The first kappa shape index (κ1) is 21.6. The Bertz CT molecular complexity index is 907. The average Bonchev–Trinajstić information content (AvgIpc) is 2.73. The summed E-state index contributed by atoms with van der Waals surface area (Å²) in [5.74, 6) is 0.801. The summed E-state index contributed by atoms with van der Waals surface area (Å²) in [5.41, 5.74) is 1.03. The van der Waals surface area contributed by atoms with Gasteiger partial charge in [0.15, 0.2) is 8.32 Å². The molecular formula is C24H29O3PSi. The Morgan fingerprint density at radius 3 is 1.69 bits per heavy atom.